The summed E-state index contributed by atoms with van der Waals surface area (Å²) in [6, 6.07) is 12.8. The molecule has 1 heterocycles. The van der Waals surface area contributed by atoms with Crippen molar-refractivity contribution in [1.82, 2.24) is 5.32 Å². The van der Waals surface area contributed by atoms with Crippen LogP contribution in [0.2, 0.25) is 0 Å². The zero-order chi connectivity index (χ0) is 17.8. The van der Waals surface area contributed by atoms with Crippen molar-refractivity contribution in [2.24, 2.45) is 4.99 Å². The van der Waals surface area contributed by atoms with Crippen LogP contribution in [0.4, 0.5) is 10.1 Å². The lowest BCUT2D eigenvalue weighted by Gasteiger charge is -2.03. The van der Waals surface area contributed by atoms with E-state index < -0.39 is 11.8 Å². The van der Waals surface area contributed by atoms with E-state index in [0.717, 1.165) is 11.8 Å². The molecule has 1 amide bonds. The smallest absolute Gasteiger partial charge is 0.340 e. The minimum atomic E-state index is -0.517. The van der Waals surface area contributed by atoms with Crippen LogP contribution >= 0.6 is 11.8 Å². The maximum absolute atomic E-state index is 13.7. The van der Waals surface area contributed by atoms with Crippen molar-refractivity contribution >= 4 is 40.6 Å². The number of hydrogen-bond acceptors (Lipinski definition) is 5. The molecule has 5 nitrogen and oxygen atoms in total. The second-order valence-electron chi connectivity index (χ2n) is 5.01. The molecular weight excluding hydrogens is 343 g/mol. The van der Waals surface area contributed by atoms with E-state index in [1.54, 1.807) is 42.5 Å². The molecule has 126 valence electrons. The summed E-state index contributed by atoms with van der Waals surface area (Å²) in [6.07, 6.45) is 1.46. The Labute approximate surface area is 147 Å². The molecule has 0 atom stereocenters. The Bertz CT molecular complexity index is 909. The predicted molar refractivity (Wildman–Crippen MR) is 95.0 cm³/mol. The quantitative estimate of drug-likeness (QED) is 0.675. The zero-order valence-electron chi connectivity index (χ0n) is 13.2. The molecule has 3 rings (SSSR count). The molecule has 0 bridgehead atoms. The first kappa shape index (κ1) is 16.9. The standard InChI is InChI=1S/C18H13FN2O3S/c1-24-17(23)12-7-3-5-9-14(12)20-18-21-16(22)15(25-18)10-11-6-2-4-8-13(11)19/h2-10H,1H3,(H,20,21,22)/b15-10-. The van der Waals surface area contributed by atoms with Crippen LogP contribution in [0.5, 0.6) is 0 Å². The molecule has 0 aromatic heterocycles. The minimum Gasteiger partial charge on any atom is -0.465 e. The lowest BCUT2D eigenvalue weighted by Crippen LogP contribution is -2.19. The fraction of sp³-hybridized carbons (Fsp3) is 0.0556. The number of hydrogen-bond donors (Lipinski definition) is 1. The molecule has 25 heavy (non-hydrogen) atoms. The first-order valence-corrected chi connectivity index (χ1v) is 8.11. The highest BCUT2D eigenvalue weighted by Crippen LogP contribution is 2.29. The number of amides is 1. The first-order valence-electron chi connectivity index (χ1n) is 7.30. The summed E-state index contributed by atoms with van der Waals surface area (Å²) in [6.45, 7) is 0. The highest BCUT2D eigenvalue weighted by Gasteiger charge is 2.25. The molecule has 7 heteroatoms. The van der Waals surface area contributed by atoms with E-state index in [4.69, 9.17) is 4.74 Å². The molecule has 0 spiro atoms. The Kier molecular flexibility index (Phi) is 4.95. The number of amidine groups is 1. The maximum Gasteiger partial charge on any atom is 0.340 e. The highest BCUT2D eigenvalue weighted by atomic mass is 32.2. The normalized spacial score (nSPS) is 17.0. The Morgan fingerprint density at radius 2 is 1.92 bits per heavy atom. The van der Waals surface area contributed by atoms with Gasteiger partial charge in [-0.1, -0.05) is 30.3 Å². The van der Waals surface area contributed by atoms with Crippen LogP contribution in [0.3, 0.4) is 0 Å². The fourth-order valence-electron chi connectivity index (χ4n) is 2.18. The minimum absolute atomic E-state index is 0.291. The van der Waals surface area contributed by atoms with E-state index in [1.807, 2.05) is 0 Å². The van der Waals surface area contributed by atoms with Gasteiger partial charge in [-0.3, -0.25) is 4.79 Å². The Morgan fingerprint density at radius 3 is 2.68 bits per heavy atom. The number of methoxy groups -OCH3 is 1. The summed E-state index contributed by atoms with van der Waals surface area (Å²) < 4.78 is 18.4. The van der Waals surface area contributed by atoms with Crippen LogP contribution in [0.25, 0.3) is 6.08 Å². The average Bonchev–Trinajstić information content (AvgIpc) is 2.96. The SMILES string of the molecule is COC(=O)c1ccccc1N=C1NC(=O)/C(=C/c2ccccc2F)S1. The van der Waals surface area contributed by atoms with Crippen molar-refractivity contribution in [3.05, 3.63) is 70.4 Å². The lowest BCUT2D eigenvalue weighted by molar-refractivity contribution is -0.115. The molecule has 1 aliphatic rings. The van der Waals surface area contributed by atoms with Crippen molar-refractivity contribution < 1.29 is 18.7 Å². The number of benzene rings is 2. The van der Waals surface area contributed by atoms with E-state index in [2.05, 4.69) is 10.3 Å². The Morgan fingerprint density at radius 1 is 1.20 bits per heavy atom. The van der Waals surface area contributed by atoms with Crippen LogP contribution in [0.15, 0.2) is 58.4 Å². The summed E-state index contributed by atoms with van der Waals surface area (Å²) >= 11 is 1.08. The molecule has 1 fully saturated rings. The number of thioether (sulfide) groups is 1. The van der Waals surface area contributed by atoms with E-state index in [1.165, 1.54) is 19.3 Å². The summed E-state index contributed by atoms with van der Waals surface area (Å²) in [5.74, 6) is -1.30. The Balaban J connectivity index is 1.90. The second-order valence-corrected chi connectivity index (χ2v) is 6.04. The highest BCUT2D eigenvalue weighted by molar-refractivity contribution is 8.18. The number of carbonyl (C=O) groups excluding carboxylic acids is 2. The van der Waals surface area contributed by atoms with Crippen molar-refractivity contribution in [2.75, 3.05) is 7.11 Å². The molecular formula is C18H13FN2O3S. The molecule has 2 aromatic carbocycles. The fourth-order valence-corrected chi connectivity index (χ4v) is 3.00. The van der Waals surface area contributed by atoms with Gasteiger partial charge in [0.05, 0.1) is 23.3 Å². The van der Waals surface area contributed by atoms with Crippen molar-refractivity contribution in [1.29, 1.82) is 0 Å². The van der Waals surface area contributed by atoms with Gasteiger partial charge in [-0.15, -0.1) is 0 Å². The second kappa shape index (κ2) is 7.31. The number of ether oxygens (including phenoxy) is 1. The van der Waals surface area contributed by atoms with E-state index >= 15 is 0 Å². The molecule has 0 aliphatic carbocycles. The molecule has 0 unspecified atom stereocenters. The van der Waals surface area contributed by atoms with Gasteiger partial charge in [0.1, 0.15) is 5.82 Å². The van der Waals surface area contributed by atoms with Gasteiger partial charge in [0.15, 0.2) is 5.17 Å². The molecule has 1 N–H and O–H groups in total. The van der Waals surface area contributed by atoms with Crippen molar-refractivity contribution in [3.8, 4) is 0 Å². The zero-order valence-corrected chi connectivity index (χ0v) is 14.0. The average molecular weight is 356 g/mol. The third-order valence-corrected chi connectivity index (χ3v) is 4.28. The summed E-state index contributed by atoms with van der Waals surface area (Å²) in [5, 5.41) is 2.92. The summed E-state index contributed by atoms with van der Waals surface area (Å²) in [4.78, 5) is 28.5. The van der Waals surface area contributed by atoms with Crippen LogP contribution in [-0.2, 0) is 9.53 Å². The topological polar surface area (TPSA) is 67.8 Å². The first-order chi connectivity index (χ1) is 12.1. The van der Waals surface area contributed by atoms with E-state index in [0.29, 0.717) is 26.9 Å². The van der Waals surface area contributed by atoms with Gasteiger partial charge in [0, 0.05) is 5.56 Å². The van der Waals surface area contributed by atoms with Gasteiger partial charge < -0.3 is 10.1 Å². The van der Waals surface area contributed by atoms with Crippen LogP contribution in [-0.4, -0.2) is 24.2 Å². The van der Waals surface area contributed by atoms with Crippen LogP contribution in [0, 0.1) is 5.82 Å². The van der Waals surface area contributed by atoms with Gasteiger partial charge in [0.2, 0.25) is 0 Å². The van der Waals surface area contributed by atoms with Gasteiger partial charge >= 0.3 is 5.97 Å². The third-order valence-electron chi connectivity index (χ3n) is 3.37. The number of nitrogens with zero attached hydrogens (tertiary/aromatic N) is 1. The molecule has 0 saturated carbocycles. The lowest BCUT2D eigenvalue weighted by atomic mass is 10.2. The monoisotopic (exact) mass is 356 g/mol. The van der Waals surface area contributed by atoms with E-state index in [9.17, 15) is 14.0 Å². The third kappa shape index (κ3) is 3.77. The van der Waals surface area contributed by atoms with Gasteiger partial charge in [-0.2, -0.15) is 0 Å². The van der Waals surface area contributed by atoms with Crippen LogP contribution in [0.1, 0.15) is 15.9 Å². The number of esters is 1. The number of para-hydroxylation sites is 1. The number of halogens is 1. The summed E-state index contributed by atoms with van der Waals surface area (Å²) in [7, 11) is 1.29. The number of carbonyl (C=O) groups is 2. The maximum atomic E-state index is 13.7. The van der Waals surface area contributed by atoms with Gasteiger partial charge in [0.25, 0.3) is 5.91 Å². The predicted octanol–water partition coefficient (Wildman–Crippen LogP) is 3.50. The van der Waals surface area contributed by atoms with E-state index in [-0.39, 0.29) is 5.91 Å². The van der Waals surface area contributed by atoms with Gasteiger partial charge in [-0.05, 0) is 36.0 Å². The van der Waals surface area contributed by atoms with Crippen molar-refractivity contribution in [2.45, 2.75) is 0 Å². The van der Waals surface area contributed by atoms with Crippen molar-refractivity contribution in [3.63, 3.8) is 0 Å². The molecule has 1 saturated heterocycles. The summed E-state index contributed by atoms with van der Waals surface area (Å²) in [5.41, 5.74) is 0.986. The number of nitrogens with one attached hydrogen (secondary N) is 1. The number of aliphatic imine (C=N–C) groups is 1. The number of rotatable bonds is 3. The Hall–Kier alpha value is -2.93. The molecule has 1 aliphatic heterocycles. The van der Waals surface area contributed by atoms with Gasteiger partial charge in [-0.25, -0.2) is 14.2 Å². The van der Waals surface area contributed by atoms with Crippen LogP contribution < -0.4 is 5.32 Å². The molecule has 0 radical (unpaired) electrons. The largest absolute Gasteiger partial charge is 0.465 e. The molecule has 2 aromatic rings.